The van der Waals surface area contributed by atoms with Crippen molar-refractivity contribution in [3.8, 4) is 21.9 Å². The number of hydrogen-bond donors (Lipinski definition) is 6. The molecule has 2 heterocycles. The summed E-state index contributed by atoms with van der Waals surface area (Å²) in [5, 5.41) is 37.3. The summed E-state index contributed by atoms with van der Waals surface area (Å²) in [5.41, 5.74) is 10.8. The lowest BCUT2D eigenvalue weighted by Crippen LogP contribution is -2.38. The molecule has 282 valence electrons. The van der Waals surface area contributed by atoms with Crippen molar-refractivity contribution in [2.75, 3.05) is 32.1 Å². The monoisotopic (exact) mass is 759 g/mol. The molecule has 5 rings (SSSR count). The number of carboxylic acid groups (broad SMARTS) is 2. The Balaban J connectivity index is 0.000000441. The maximum atomic E-state index is 12.0. The Morgan fingerprint density at radius 2 is 1.50 bits per heavy atom. The van der Waals surface area contributed by atoms with E-state index in [1.807, 2.05) is 30.3 Å². The zero-order chi connectivity index (χ0) is 38.8. The van der Waals surface area contributed by atoms with Crippen molar-refractivity contribution in [1.29, 1.82) is 0 Å². The molecule has 0 radical (unpaired) electrons. The number of aliphatic hydroxyl groups excluding tert-OH is 1. The van der Waals surface area contributed by atoms with Gasteiger partial charge in [-0.1, -0.05) is 24.3 Å². The van der Waals surface area contributed by atoms with E-state index in [0.29, 0.717) is 12.1 Å². The van der Waals surface area contributed by atoms with E-state index in [-0.39, 0.29) is 5.75 Å². The van der Waals surface area contributed by atoms with E-state index in [1.165, 1.54) is 24.0 Å². The van der Waals surface area contributed by atoms with Crippen LogP contribution < -0.4 is 15.8 Å². The van der Waals surface area contributed by atoms with E-state index in [1.54, 1.807) is 30.6 Å². The number of aromatic hydroxyl groups is 1. The van der Waals surface area contributed by atoms with Crippen LogP contribution in [0.15, 0.2) is 60.7 Å². The highest BCUT2D eigenvalue weighted by Crippen LogP contribution is 2.42. The number of methoxy groups -OCH3 is 1. The lowest BCUT2D eigenvalue weighted by molar-refractivity contribution is -0.193. The first-order valence-corrected chi connectivity index (χ1v) is 16.2. The summed E-state index contributed by atoms with van der Waals surface area (Å²) in [7, 11) is 1.73. The summed E-state index contributed by atoms with van der Waals surface area (Å²) in [5.74, 6) is -4.79. The molecule has 3 aromatic carbocycles. The van der Waals surface area contributed by atoms with E-state index in [0.717, 1.165) is 51.5 Å². The molecule has 1 amide bonds. The molecule has 1 aliphatic heterocycles. The topological polar surface area (TPSA) is 183 Å². The number of benzene rings is 3. The Morgan fingerprint density at radius 1 is 0.923 bits per heavy atom. The SMILES string of the molecule is COc1cc(Cc2c(-c3ccc(NC(=O)[C@@H](N)CO)cc3)sc3cc(O)ccc23)ccc1CN1CCCC1.O=C(O)C(F)(F)F.O=C(O)C(F)(F)F. The number of likely N-dealkylation sites (tertiary alicyclic amines) is 1. The van der Waals surface area contributed by atoms with Gasteiger partial charge in [-0.2, -0.15) is 26.3 Å². The van der Waals surface area contributed by atoms with Crippen molar-refractivity contribution in [2.24, 2.45) is 5.73 Å². The normalized spacial score (nSPS) is 13.7. The zero-order valence-electron chi connectivity index (χ0n) is 27.4. The summed E-state index contributed by atoms with van der Waals surface area (Å²) in [6, 6.07) is 18.6. The summed E-state index contributed by atoms with van der Waals surface area (Å²) >= 11 is 1.63. The molecule has 1 atom stereocenters. The first-order chi connectivity index (χ1) is 24.3. The molecule has 52 heavy (non-hydrogen) atoms. The van der Waals surface area contributed by atoms with E-state index < -0.39 is 42.8 Å². The third-order valence-electron chi connectivity index (χ3n) is 7.53. The van der Waals surface area contributed by atoms with Gasteiger partial charge in [-0.3, -0.25) is 9.69 Å². The van der Waals surface area contributed by atoms with E-state index in [9.17, 15) is 36.2 Å². The van der Waals surface area contributed by atoms with Gasteiger partial charge in [-0.05, 0) is 90.8 Å². The van der Waals surface area contributed by atoms with Crippen molar-refractivity contribution in [1.82, 2.24) is 4.90 Å². The summed E-state index contributed by atoms with van der Waals surface area (Å²) < 4.78 is 70.3. The molecule has 1 saturated heterocycles. The van der Waals surface area contributed by atoms with Crippen molar-refractivity contribution >= 4 is 45.0 Å². The minimum absolute atomic E-state index is 0.239. The lowest BCUT2D eigenvalue weighted by atomic mass is 9.97. The highest BCUT2D eigenvalue weighted by molar-refractivity contribution is 7.22. The first kappa shape index (κ1) is 41.5. The Labute approximate surface area is 296 Å². The fourth-order valence-corrected chi connectivity index (χ4v) is 6.25. The number of fused-ring (bicyclic) bond motifs is 1. The van der Waals surface area contributed by atoms with Crippen molar-refractivity contribution in [3.05, 3.63) is 77.4 Å². The van der Waals surface area contributed by atoms with Crippen molar-refractivity contribution in [2.45, 2.75) is 44.2 Å². The van der Waals surface area contributed by atoms with Crippen LogP contribution in [0.5, 0.6) is 11.5 Å². The number of nitrogens with zero attached hydrogens (tertiary/aromatic N) is 1. The number of phenols is 1. The number of halogens is 6. The Hall–Kier alpha value is -4.91. The molecule has 0 saturated carbocycles. The molecule has 11 nitrogen and oxygen atoms in total. The third kappa shape index (κ3) is 11.8. The predicted molar refractivity (Wildman–Crippen MR) is 180 cm³/mol. The lowest BCUT2D eigenvalue weighted by Gasteiger charge is -2.18. The van der Waals surface area contributed by atoms with Gasteiger partial charge < -0.3 is 36.2 Å². The highest BCUT2D eigenvalue weighted by atomic mass is 32.1. The number of carboxylic acids is 2. The minimum atomic E-state index is -5.08. The fourth-order valence-electron chi connectivity index (χ4n) is 4.99. The van der Waals surface area contributed by atoms with E-state index in [2.05, 4.69) is 28.4 Å². The number of anilines is 1. The number of nitrogens with one attached hydrogen (secondary N) is 1. The number of phenolic OH excluding ortho intramolecular Hbond substituents is 1. The number of carbonyl (C=O) groups is 3. The maximum Gasteiger partial charge on any atom is 0.490 e. The standard InChI is InChI=1S/C30H33N3O4S.2C2HF3O2/c1-37-27-15-19(4-5-21(27)17-33-12-2-3-13-33)14-25-24-11-10-23(35)16-28(24)38-29(25)20-6-8-22(9-7-20)32-30(36)26(31)18-34;2*3-2(4,5)1(6)7/h4-11,15-16,26,34-35H,2-3,12-14,17-18,31H2,1H3,(H,32,36);2*(H,6,7)/t26-;;/m0../s1. The van der Waals surface area contributed by atoms with Crippen LogP contribution in [0.3, 0.4) is 0 Å². The number of rotatable bonds is 9. The first-order valence-electron chi connectivity index (χ1n) is 15.3. The van der Waals surface area contributed by atoms with Gasteiger partial charge in [0.1, 0.15) is 17.5 Å². The third-order valence-corrected chi connectivity index (χ3v) is 8.78. The van der Waals surface area contributed by atoms with Crippen molar-refractivity contribution in [3.63, 3.8) is 0 Å². The van der Waals surface area contributed by atoms with Gasteiger partial charge >= 0.3 is 24.3 Å². The molecular weight excluding hydrogens is 724 g/mol. The number of carbonyl (C=O) groups excluding carboxylic acids is 1. The molecule has 0 unspecified atom stereocenters. The van der Waals surface area contributed by atoms with Gasteiger partial charge in [0.15, 0.2) is 0 Å². The molecule has 1 fully saturated rings. The van der Waals surface area contributed by atoms with E-state index >= 15 is 0 Å². The Kier molecular flexibility index (Phi) is 14.4. The smallest absolute Gasteiger partial charge is 0.490 e. The molecule has 0 bridgehead atoms. The number of aliphatic carboxylic acids is 2. The van der Waals surface area contributed by atoms with Crippen LogP contribution in [0.25, 0.3) is 20.5 Å². The zero-order valence-corrected chi connectivity index (χ0v) is 28.2. The summed E-state index contributed by atoms with van der Waals surface area (Å²) in [4.78, 5) is 33.4. The van der Waals surface area contributed by atoms with Crippen LogP contribution in [0.4, 0.5) is 32.0 Å². The summed E-state index contributed by atoms with van der Waals surface area (Å²) in [6.45, 7) is 2.77. The van der Waals surface area contributed by atoms with Crippen LogP contribution in [-0.2, 0) is 27.3 Å². The van der Waals surface area contributed by atoms with Gasteiger partial charge in [-0.15, -0.1) is 11.3 Å². The molecule has 7 N–H and O–H groups in total. The fraction of sp³-hybridized carbons (Fsp3) is 0.324. The number of aliphatic hydroxyl groups is 1. The quantitative estimate of drug-likeness (QED) is 0.111. The molecular formula is C34H35F6N3O8S. The van der Waals surface area contributed by atoms with Gasteiger partial charge in [-0.25, -0.2) is 9.59 Å². The highest BCUT2D eigenvalue weighted by Gasteiger charge is 2.39. The molecule has 0 aliphatic carbocycles. The van der Waals surface area contributed by atoms with Crippen LogP contribution in [0.2, 0.25) is 0 Å². The molecule has 0 spiro atoms. The molecule has 1 aromatic heterocycles. The second-order valence-electron chi connectivity index (χ2n) is 11.4. The number of thiophene rings is 1. The van der Waals surface area contributed by atoms with E-state index in [4.69, 9.17) is 35.4 Å². The van der Waals surface area contributed by atoms with Crippen molar-refractivity contribution < 1.29 is 65.9 Å². The minimum Gasteiger partial charge on any atom is -0.508 e. The van der Waals surface area contributed by atoms with Gasteiger partial charge in [0.25, 0.3) is 0 Å². The number of alkyl halides is 6. The van der Waals surface area contributed by atoms with Gasteiger partial charge in [0, 0.05) is 27.4 Å². The van der Waals surface area contributed by atoms with Gasteiger partial charge in [0.2, 0.25) is 5.91 Å². The number of amides is 1. The number of nitrogens with two attached hydrogens (primary N) is 1. The summed E-state index contributed by atoms with van der Waals surface area (Å²) in [6.07, 6.45) is -6.94. The van der Waals surface area contributed by atoms with Gasteiger partial charge in [0.05, 0.1) is 13.7 Å². The van der Waals surface area contributed by atoms with Crippen LogP contribution in [0.1, 0.15) is 29.5 Å². The van der Waals surface area contributed by atoms with Crippen LogP contribution in [-0.4, -0.2) is 88.4 Å². The number of hydrogen-bond acceptors (Lipinski definition) is 9. The Morgan fingerprint density at radius 3 is 2.02 bits per heavy atom. The van der Waals surface area contributed by atoms with Crippen LogP contribution >= 0.6 is 11.3 Å². The van der Waals surface area contributed by atoms with Crippen LogP contribution in [0, 0.1) is 0 Å². The average Bonchev–Trinajstić information content (AvgIpc) is 3.72. The largest absolute Gasteiger partial charge is 0.508 e. The predicted octanol–water partition coefficient (Wildman–Crippen LogP) is 5.99. The average molecular weight is 760 g/mol. The second-order valence-corrected chi connectivity index (χ2v) is 12.4. The molecule has 18 heteroatoms. The Bertz CT molecular complexity index is 1820. The second kappa shape index (κ2) is 18.0. The number of ether oxygens (including phenoxy) is 1. The molecule has 1 aliphatic rings. The molecule has 4 aromatic rings. The maximum absolute atomic E-state index is 12.0.